The Morgan fingerprint density at radius 2 is 1.97 bits per heavy atom. The minimum Gasteiger partial charge on any atom is -0.491 e. The molecule has 0 fully saturated rings. The van der Waals surface area contributed by atoms with Gasteiger partial charge in [0.05, 0.1) is 23.4 Å². The quantitative estimate of drug-likeness (QED) is 0.354. The molecule has 1 aromatic heterocycles. The summed E-state index contributed by atoms with van der Waals surface area (Å²) in [7, 11) is 0. The molecule has 0 atom stereocenters. The molecule has 0 N–H and O–H groups in total. The van der Waals surface area contributed by atoms with Crippen molar-refractivity contribution in [3.8, 4) is 5.75 Å². The standard InChI is InChI=1S/C23H30N4O3/c1-5-25(6-2)13-14-26-22-12-9-19(27(28)29)16-21(22)24-23(26)15-18-7-10-20(11-8-18)30-17(3)4/h7-12,16-17H,5-6,13-15H2,1-4H3/i3D3,4D3,17D. The maximum absolute atomic E-state index is 11.2. The number of likely N-dealkylation sites (N-methyl/N-ethyl adjacent to an activating group) is 1. The second kappa shape index (κ2) is 9.71. The van der Waals surface area contributed by atoms with Crippen LogP contribution in [0.25, 0.3) is 11.0 Å². The van der Waals surface area contributed by atoms with Crippen LogP contribution in [0.4, 0.5) is 5.69 Å². The van der Waals surface area contributed by atoms with E-state index >= 15 is 0 Å². The monoisotopic (exact) mass is 417 g/mol. The van der Waals surface area contributed by atoms with Crippen molar-refractivity contribution in [3.05, 3.63) is 64.0 Å². The number of benzene rings is 2. The molecule has 7 nitrogen and oxygen atoms in total. The van der Waals surface area contributed by atoms with Gasteiger partial charge in [0.1, 0.15) is 11.6 Å². The van der Waals surface area contributed by atoms with Crippen LogP contribution in [0.2, 0.25) is 0 Å². The van der Waals surface area contributed by atoms with Gasteiger partial charge in [-0.2, -0.15) is 0 Å². The summed E-state index contributed by atoms with van der Waals surface area (Å²) in [5.74, 6) is 0.632. The first-order chi connectivity index (χ1) is 17.2. The van der Waals surface area contributed by atoms with Gasteiger partial charge in [-0.1, -0.05) is 26.0 Å². The summed E-state index contributed by atoms with van der Waals surface area (Å²) in [5, 5.41) is 11.2. The zero-order valence-corrected chi connectivity index (χ0v) is 17.1. The molecule has 0 spiro atoms. The summed E-state index contributed by atoms with van der Waals surface area (Å²) in [6, 6.07) is 10.7. The van der Waals surface area contributed by atoms with Crippen molar-refractivity contribution in [2.45, 2.75) is 46.6 Å². The molecule has 3 aromatic rings. The van der Waals surface area contributed by atoms with E-state index in [1.54, 1.807) is 18.2 Å². The van der Waals surface area contributed by atoms with Crippen molar-refractivity contribution in [1.29, 1.82) is 0 Å². The van der Waals surface area contributed by atoms with Gasteiger partial charge in [-0.15, -0.1) is 0 Å². The van der Waals surface area contributed by atoms with Crippen LogP contribution in [0.5, 0.6) is 5.75 Å². The van der Waals surface area contributed by atoms with E-state index in [1.807, 2.05) is 4.57 Å². The summed E-state index contributed by atoms with van der Waals surface area (Å²) >= 11 is 0. The van der Waals surface area contributed by atoms with Crippen molar-refractivity contribution in [1.82, 2.24) is 14.5 Å². The summed E-state index contributed by atoms with van der Waals surface area (Å²) in [6.07, 6.45) is -2.75. The van der Waals surface area contributed by atoms with E-state index in [0.717, 1.165) is 30.7 Å². The molecule has 2 aromatic carbocycles. The van der Waals surface area contributed by atoms with Crippen LogP contribution in [0.15, 0.2) is 42.5 Å². The number of aromatic nitrogens is 2. The Morgan fingerprint density at radius 1 is 1.23 bits per heavy atom. The van der Waals surface area contributed by atoms with E-state index in [-0.39, 0.29) is 11.4 Å². The van der Waals surface area contributed by atoms with Gasteiger partial charge in [-0.3, -0.25) is 10.1 Å². The molecule has 0 unspecified atom stereocenters. The third-order valence-electron chi connectivity index (χ3n) is 5.06. The molecular formula is C23H30N4O3. The fourth-order valence-corrected chi connectivity index (χ4v) is 3.42. The molecule has 7 heteroatoms. The summed E-state index contributed by atoms with van der Waals surface area (Å²) < 4.78 is 60.3. The van der Waals surface area contributed by atoms with Gasteiger partial charge in [-0.05, 0) is 50.6 Å². The lowest BCUT2D eigenvalue weighted by atomic mass is 10.1. The Balaban J connectivity index is 1.91. The number of non-ortho nitro benzene ring substituents is 1. The molecule has 0 aliphatic heterocycles. The van der Waals surface area contributed by atoms with Gasteiger partial charge in [0.25, 0.3) is 5.69 Å². The smallest absolute Gasteiger partial charge is 0.271 e. The molecule has 160 valence electrons. The van der Waals surface area contributed by atoms with Crippen molar-refractivity contribution in [2.24, 2.45) is 0 Å². The van der Waals surface area contributed by atoms with Crippen LogP contribution in [-0.4, -0.2) is 45.1 Å². The molecule has 0 aliphatic carbocycles. The zero-order valence-electron chi connectivity index (χ0n) is 24.1. The Bertz CT molecular complexity index is 1220. The second-order valence-electron chi connectivity index (χ2n) is 6.89. The molecule has 0 amide bonds. The summed E-state index contributed by atoms with van der Waals surface area (Å²) in [5.41, 5.74) is 2.02. The topological polar surface area (TPSA) is 73.4 Å². The Kier molecular flexibility index (Phi) is 4.58. The maximum Gasteiger partial charge on any atom is 0.271 e. The highest BCUT2D eigenvalue weighted by molar-refractivity contribution is 5.78. The Morgan fingerprint density at radius 3 is 2.60 bits per heavy atom. The fraction of sp³-hybridized carbons (Fsp3) is 0.435. The molecule has 30 heavy (non-hydrogen) atoms. The van der Waals surface area contributed by atoms with Gasteiger partial charge in [-0.25, -0.2) is 4.98 Å². The normalized spacial score (nSPS) is 16.2. The average Bonchev–Trinajstić information content (AvgIpc) is 3.15. The van der Waals surface area contributed by atoms with Crippen LogP contribution >= 0.6 is 0 Å². The molecule has 0 saturated heterocycles. The first kappa shape index (κ1) is 14.1. The fourth-order valence-electron chi connectivity index (χ4n) is 3.42. The van der Waals surface area contributed by atoms with E-state index in [2.05, 4.69) is 23.7 Å². The number of nitrogens with zero attached hydrogens (tertiary/aromatic N) is 4. The highest BCUT2D eigenvalue weighted by Gasteiger charge is 2.16. The highest BCUT2D eigenvalue weighted by Crippen LogP contribution is 2.24. The average molecular weight is 418 g/mol. The van der Waals surface area contributed by atoms with Crippen molar-refractivity contribution in [3.63, 3.8) is 0 Å². The van der Waals surface area contributed by atoms with E-state index < -0.39 is 24.7 Å². The van der Waals surface area contributed by atoms with Crippen LogP contribution < -0.4 is 4.74 Å². The van der Waals surface area contributed by atoms with E-state index in [1.165, 1.54) is 24.3 Å². The highest BCUT2D eigenvalue weighted by atomic mass is 16.6. The van der Waals surface area contributed by atoms with Gasteiger partial charge in [0.15, 0.2) is 0 Å². The first-order valence-corrected chi connectivity index (χ1v) is 9.84. The summed E-state index contributed by atoms with van der Waals surface area (Å²) in [6.45, 7) is 0.923. The van der Waals surface area contributed by atoms with Gasteiger partial charge >= 0.3 is 0 Å². The molecule has 0 saturated carbocycles. The number of nitro benzene ring substituents is 1. The molecule has 0 bridgehead atoms. The molecular weight excluding hydrogens is 380 g/mol. The van der Waals surface area contributed by atoms with E-state index in [9.17, 15) is 10.1 Å². The number of hydrogen-bond acceptors (Lipinski definition) is 5. The SMILES string of the molecule is [2H]C([2H])([2H])C([2H])(Oc1ccc(Cc2nc3cc([N+](=O)[O-])ccc3n2CCN(CC)CC)cc1)C([2H])([2H])[2H]. The third kappa shape index (κ3) is 5.16. The number of nitro groups is 1. The number of rotatable bonds is 10. The van der Waals surface area contributed by atoms with Crippen LogP contribution in [-0.2, 0) is 13.0 Å². The second-order valence-corrected chi connectivity index (χ2v) is 6.89. The number of fused-ring (bicyclic) bond motifs is 1. The van der Waals surface area contributed by atoms with Crippen LogP contribution in [0, 0.1) is 10.1 Å². The maximum atomic E-state index is 11.2. The first-order valence-electron chi connectivity index (χ1n) is 13.3. The molecule has 1 heterocycles. The van der Waals surface area contributed by atoms with E-state index in [4.69, 9.17) is 14.3 Å². The lowest BCUT2D eigenvalue weighted by molar-refractivity contribution is -0.384. The van der Waals surface area contributed by atoms with Crippen molar-refractivity contribution >= 4 is 16.7 Å². The van der Waals surface area contributed by atoms with Crippen LogP contribution in [0.3, 0.4) is 0 Å². The predicted octanol–water partition coefficient (Wildman–Crippen LogP) is 4.66. The zero-order chi connectivity index (χ0) is 27.6. The summed E-state index contributed by atoms with van der Waals surface area (Å²) in [4.78, 5) is 17.7. The Hall–Kier alpha value is -2.93. The van der Waals surface area contributed by atoms with Gasteiger partial charge in [0, 0.05) is 39.9 Å². The lowest BCUT2D eigenvalue weighted by Crippen LogP contribution is -2.27. The number of ether oxygens (including phenoxy) is 1. The van der Waals surface area contributed by atoms with Crippen molar-refractivity contribution in [2.75, 3.05) is 19.6 Å². The largest absolute Gasteiger partial charge is 0.491 e. The molecule has 0 aliphatic rings. The molecule has 3 rings (SSSR count). The minimum atomic E-state index is -3.20. The Labute approximate surface area is 187 Å². The van der Waals surface area contributed by atoms with Gasteiger partial charge < -0.3 is 14.2 Å². The lowest BCUT2D eigenvalue weighted by Gasteiger charge is -2.19. The number of hydrogen-bond donors (Lipinski definition) is 0. The number of imidazole rings is 1. The minimum absolute atomic E-state index is 0.0451. The van der Waals surface area contributed by atoms with E-state index in [0.29, 0.717) is 24.3 Å². The predicted molar refractivity (Wildman–Crippen MR) is 119 cm³/mol. The van der Waals surface area contributed by atoms with Crippen molar-refractivity contribution < 1.29 is 19.3 Å². The third-order valence-corrected chi connectivity index (χ3v) is 5.06. The molecule has 0 radical (unpaired) electrons. The van der Waals surface area contributed by atoms with Gasteiger partial charge in [0.2, 0.25) is 0 Å². The van der Waals surface area contributed by atoms with Crippen LogP contribution in [0.1, 0.15) is 48.5 Å².